The van der Waals surface area contributed by atoms with E-state index in [4.69, 9.17) is 5.84 Å². The van der Waals surface area contributed by atoms with E-state index in [1.54, 1.807) is 0 Å². The van der Waals surface area contributed by atoms with E-state index in [0.717, 1.165) is 12.3 Å². The highest BCUT2D eigenvalue weighted by Gasteiger charge is 2.20. The van der Waals surface area contributed by atoms with E-state index in [0.29, 0.717) is 6.04 Å². The van der Waals surface area contributed by atoms with Crippen LogP contribution < -0.4 is 11.3 Å². The molecule has 1 aliphatic carbocycles. The molecule has 2 aromatic carbocycles. The van der Waals surface area contributed by atoms with Crippen molar-refractivity contribution in [3.63, 3.8) is 0 Å². The Bertz CT molecular complexity index is 553. The highest BCUT2D eigenvalue weighted by Crippen LogP contribution is 2.29. The van der Waals surface area contributed by atoms with E-state index in [1.807, 2.05) is 0 Å². The van der Waals surface area contributed by atoms with Gasteiger partial charge >= 0.3 is 0 Å². The summed E-state index contributed by atoms with van der Waals surface area (Å²) < 4.78 is 0. The molecule has 3 rings (SSSR count). The quantitative estimate of drug-likeness (QED) is 0.639. The van der Waals surface area contributed by atoms with E-state index < -0.39 is 0 Å². The Kier molecular flexibility index (Phi) is 4.34. The summed E-state index contributed by atoms with van der Waals surface area (Å²) in [5, 5.41) is 2.68. The van der Waals surface area contributed by atoms with Crippen LogP contribution in [0.15, 0.2) is 42.5 Å². The molecule has 2 nitrogen and oxygen atoms in total. The highest BCUT2D eigenvalue weighted by atomic mass is 15.2. The number of benzene rings is 2. The summed E-state index contributed by atoms with van der Waals surface area (Å²) in [5.74, 6) is 6.66. The molecule has 0 aliphatic heterocycles. The average molecular weight is 268 g/mol. The second-order valence-electron chi connectivity index (χ2n) is 6.09. The topological polar surface area (TPSA) is 38.0 Å². The normalized spacial score (nSPS) is 17.6. The van der Waals surface area contributed by atoms with Crippen LogP contribution in [0.2, 0.25) is 0 Å². The maximum absolute atomic E-state index is 5.79. The van der Waals surface area contributed by atoms with Gasteiger partial charge in [-0.1, -0.05) is 68.1 Å². The Morgan fingerprint density at radius 1 is 1.05 bits per heavy atom. The Morgan fingerprint density at radius 3 is 2.60 bits per heavy atom. The molecule has 0 aromatic heterocycles. The van der Waals surface area contributed by atoms with Crippen molar-refractivity contribution in [2.45, 2.75) is 44.6 Å². The van der Waals surface area contributed by atoms with Gasteiger partial charge in [-0.15, -0.1) is 0 Å². The SMILES string of the molecule is NNC(Cc1cccc2ccccc12)CC1CCCC1. The third-order valence-corrected chi connectivity index (χ3v) is 4.67. The van der Waals surface area contributed by atoms with Gasteiger partial charge in [0, 0.05) is 6.04 Å². The number of hydrogen-bond acceptors (Lipinski definition) is 2. The zero-order valence-electron chi connectivity index (χ0n) is 12.0. The van der Waals surface area contributed by atoms with Gasteiger partial charge in [-0.3, -0.25) is 11.3 Å². The number of fused-ring (bicyclic) bond motifs is 1. The fourth-order valence-corrected chi connectivity index (χ4v) is 3.59. The first kappa shape index (κ1) is 13.6. The molecule has 1 atom stereocenters. The van der Waals surface area contributed by atoms with Gasteiger partial charge in [0.15, 0.2) is 0 Å². The first-order valence-electron chi connectivity index (χ1n) is 7.79. The lowest BCUT2D eigenvalue weighted by molar-refractivity contribution is 0.390. The molecule has 3 N–H and O–H groups in total. The van der Waals surface area contributed by atoms with Crippen LogP contribution in [0.3, 0.4) is 0 Å². The van der Waals surface area contributed by atoms with Crippen LogP contribution in [-0.4, -0.2) is 6.04 Å². The molecule has 0 heterocycles. The largest absolute Gasteiger partial charge is 0.271 e. The van der Waals surface area contributed by atoms with Crippen LogP contribution >= 0.6 is 0 Å². The first-order valence-corrected chi connectivity index (χ1v) is 7.79. The van der Waals surface area contributed by atoms with Gasteiger partial charge in [-0.05, 0) is 35.1 Å². The predicted octanol–water partition coefficient (Wildman–Crippen LogP) is 3.79. The summed E-state index contributed by atoms with van der Waals surface area (Å²) in [6, 6.07) is 15.6. The predicted molar refractivity (Wildman–Crippen MR) is 85.3 cm³/mol. The summed E-state index contributed by atoms with van der Waals surface area (Å²) in [6.45, 7) is 0. The lowest BCUT2D eigenvalue weighted by Gasteiger charge is -2.20. The van der Waals surface area contributed by atoms with E-state index in [1.165, 1.54) is 48.4 Å². The maximum Gasteiger partial charge on any atom is 0.0253 e. The molecule has 20 heavy (non-hydrogen) atoms. The third kappa shape index (κ3) is 3.02. The number of hydrazine groups is 1. The Labute approximate surface area is 121 Å². The first-order chi connectivity index (χ1) is 9.86. The molecule has 0 bridgehead atoms. The molecule has 0 radical (unpaired) electrons. The minimum Gasteiger partial charge on any atom is -0.271 e. The van der Waals surface area contributed by atoms with Crippen molar-refractivity contribution in [3.8, 4) is 0 Å². The van der Waals surface area contributed by atoms with Crippen molar-refractivity contribution in [2.75, 3.05) is 0 Å². The van der Waals surface area contributed by atoms with Gasteiger partial charge < -0.3 is 0 Å². The maximum atomic E-state index is 5.79. The number of nitrogens with one attached hydrogen (secondary N) is 1. The fraction of sp³-hybridized carbons (Fsp3) is 0.444. The van der Waals surface area contributed by atoms with Crippen molar-refractivity contribution in [1.82, 2.24) is 5.43 Å². The van der Waals surface area contributed by atoms with Crippen LogP contribution in [0, 0.1) is 5.92 Å². The van der Waals surface area contributed by atoms with Crippen LogP contribution in [0.1, 0.15) is 37.7 Å². The van der Waals surface area contributed by atoms with Gasteiger partial charge in [0.2, 0.25) is 0 Å². The van der Waals surface area contributed by atoms with Crippen LogP contribution in [0.25, 0.3) is 10.8 Å². The molecule has 1 fully saturated rings. The summed E-state index contributed by atoms with van der Waals surface area (Å²) >= 11 is 0. The summed E-state index contributed by atoms with van der Waals surface area (Å²) in [6.07, 6.45) is 7.79. The molecule has 2 heteroatoms. The Morgan fingerprint density at radius 2 is 1.80 bits per heavy atom. The molecule has 1 aliphatic rings. The van der Waals surface area contributed by atoms with Gasteiger partial charge in [-0.2, -0.15) is 0 Å². The van der Waals surface area contributed by atoms with Gasteiger partial charge in [0.05, 0.1) is 0 Å². The third-order valence-electron chi connectivity index (χ3n) is 4.67. The van der Waals surface area contributed by atoms with Gasteiger partial charge in [0.25, 0.3) is 0 Å². The highest BCUT2D eigenvalue weighted by molar-refractivity contribution is 5.85. The van der Waals surface area contributed by atoms with E-state index in [-0.39, 0.29) is 0 Å². The molecular weight excluding hydrogens is 244 g/mol. The molecule has 2 aromatic rings. The molecule has 1 saturated carbocycles. The van der Waals surface area contributed by atoms with Crippen LogP contribution in [0.5, 0.6) is 0 Å². The molecule has 0 amide bonds. The second-order valence-corrected chi connectivity index (χ2v) is 6.09. The number of rotatable bonds is 5. The molecular formula is C18H24N2. The van der Waals surface area contributed by atoms with Gasteiger partial charge in [-0.25, -0.2) is 0 Å². The summed E-state index contributed by atoms with van der Waals surface area (Å²) in [4.78, 5) is 0. The van der Waals surface area contributed by atoms with Crippen LogP contribution in [-0.2, 0) is 6.42 Å². The van der Waals surface area contributed by atoms with Crippen molar-refractivity contribution < 1.29 is 0 Å². The lowest BCUT2D eigenvalue weighted by atomic mass is 9.92. The Hall–Kier alpha value is -1.38. The minimum atomic E-state index is 0.393. The monoisotopic (exact) mass is 268 g/mol. The standard InChI is InChI=1S/C18H24N2/c19-20-17(12-14-6-1-2-7-14)13-16-10-5-9-15-8-3-4-11-18(15)16/h3-5,8-11,14,17,20H,1-2,6-7,12-13,19H2. The zero-order chi connectivity index (χ0) is 13.8. The van der Waals surface area contributed by atoms with Crippen LogP contribution in [0.4, 0.5) is 0 Å². The smallest absolute Gasteiger partial charge is 0.0253 e. The van der Waals surface area contributed by atoms with Crippen molar-refractivity contribution in [1.29, 1.82) is 0 Å². The molecule has 0 saturated heterocycles. The zero-order valence-corrected chi connectivity index (χ0v) is 12.0. The van der Waals surface area contributed by atoms with E-state index in [9.17, 15) is 0 Å². The molecule has 106 valence electrons. The van der Waals surface area contributed by atoms with Crippen molar-refractivity contribution in [3.05, 3.63) is 48.0 Å². The number of hydrogen-bond donors (Lipinski definition) is 2. The molecule has 0 spiro atoms. The minimum absolute atomic E-state index is 0.393. The molecule has 1 unspecified atom stereocenters. The van der Waals surface area contributed by atoms with Crippen molar-refractivity contribution in [2.24, 2.45) is 11.8 Å². The lowest BCUT2D eigenvalue weighted by Crippen LogP contribution is -2.38. The summed E-state index contributed by atoms with van der Waals surface area (Å²) in [7, 11) is 0. The Balaban J connectivity index is 1.76. The van der Waals surface area contributed by atoms with Gasteiger partial charge in [0.1, 0.15) is 0 Å². The second kappa shape index (κ2) is 6.38. The fourth-order valence-electron chi connectivity index (χ4n) is 3.59. The van der Waals surface area contributed by atoms with E-state index >= 15 is 0 Å². The average Bonchev–Trinajstić information content (AvgIpc) is 3.00. The number of nitrogens with two attached hydrogens (primary N) is 1. The van der Waals surface area contributed by atoms with Crippen molar-refractivity contribution >= 4 is 10.8 Å². The summed E-state index contributed by atoms with van der Waals surface area (Å²) in [5.41, 5.74) is 4.45. The van der Waals surface area contributed by atoms with E-state index in [2.05, 4.69) is 47.9 Å².